The molecule has 0 spiro atoms. The number of hydrogen-bond acceptors (Lipinski definition) is 4. The SMILES string of the molecule is COc1cccc(C(C)(O)C2CCOC2=O)c1. The van der Waals surface area contributed by atoms with Crippen molar-refractivity contribution in [3.63, 3.8) is 0 Å². The van der Waals surface area contributed by atoms with Crippen molar-refractivity contribution in [1.29, 1.82) is 0 Å². The molecule has 1 aromatic carbocycles. The van der Waals surface area contributed by atoms with Crippen molar-refractivity contribution >= 4 is 5.97 Å². The predicted molar refractivity (Wildman–Crippen MR) is 61.6 cm³/mol. The zero-order valence-electron chi connectivity index (χ0n) is 9.97. The molecule has 1 fully saturated rings. The molecule has 2 rings (SSSR count). The molecule has 0 saturated carbocycles. The number of aliphatic hydroxyl groups is 1. The summed E-state index contributed by atoms with van der Waals surface area (Å²) in [4.78, 5) is 11.5. The summed E-state index contributed by atoms with van der Waals surface area (Å²) in [5.74, 6) is -0.179. The lowest BCUT2D eigenvalue weighted by molar-refractivity contribution is -0.148. The quantitative estimate of drug-likeness (QED) is 0.807. The van der Waals surface area contributed by atoms with Gasteiger partial charge >= 0.3 is 5.97 Å². The van der Waals surface area contributed by atoms with Crippen LogP contribution in [0.15, 0.2) is 24.3 Å². The number of benzene rings is 1. The summed E-state index contributed by atoms with van der Waals surface area (Å²) in [6.45, 7) is 2.02. The Kier molecular flexibility index (Phi) is 3.07. The molecule has 0 bridgehead atoms. The number of cyclic esters (lactones) is 1. The van der Waals surface area contributed by atoms with E-state index in [0.717, 1.165) is 0 Å². The second-order valence-electron chi connectivity index (χ2n) is 4.39. The van der Waals surface area contributed by atoms with E-state index in [1.165, 1.54) is 0 Å². The Balaban J connectivity index is 2.32. The molecule has 0 aromatic heterocycles. The predicted octanol–water partition coefficient (Wildman–Crippen LogP) is 1.47. The van der Waals surface area contributed by atoms with Gasteiger partial charge < -0.3 is 14.6 Å². The van der Waals surface area contributed by atoms with E-state index in [4.69, 9.17) is 9.47 Å². The Morgan fingerprint density at radius 2 is 2.29 bits per heavy atom. The van der Waals surface area contributed by atoms with Crippen LogP contribution in [0, 0.1) is 5.92 Å². The molecule has 1 aliphatic heterocycles. The summed E-state index contributed by atoms with van der Waals surface area (Å²) in [6.07, 6.45) is 0.545. The number of esters is 1. The van der Waals surface area contributed by atoms with Gasteiger partial charge in [-0.25, -0.2) is 0 Å². The van der Waals surface area contributed by atoms with Gasteiger partial charge in [0.2, 0.25) is 0 Å². The first-order chi connectivity index (χ1) is 8.05. The van der Waals surface area contributed by atoms with E-state index in [-0.39, 0.29) is 5.97 Å². The summed E-state index contributed by atoms with van der Waals surface area (Å²) < 4.78 is 10.0. The summed E-state index contributed by atoms with van der Waals surface area (Å²) in [7, 11) is 1.57. The first kappa shape index (κ1) is 11.9. The molecular formula is C13H16O4. The maximum Gasteiger partial charge on any atom is 0.312 e. The van der Waals surface area contributed by atoms with E-state index in [1.54, 1.807) is 38.3 Å². The normalized spacial score (nSPS) is 23.0. The molecule has 4 heteroatoms. The number of methoxy groups -OCH3 is 1. The van der Waals surface area contributed by atoms with Gasteiger partial charge in [-0.1, -0.05) is 12.1 Å². The Morgan fingerprint density at radius 1 is 1.53 bits per heavy atom. The van der Waals surface area contributed by atoms with Crippen LogP contribution in [-0.4, -0.2) is 24.8 Å². The van der Waals surface area contributed by atoms with Crippen molar-refractivity contribution in [3.8, 4) is 5.75 Å². The van der Waals surface area contributed by atoms with Crippen LogP contribution in [-0.2, 0) is 15.1 Å². The van der Waals surface area contributed by atoms with Gasteiger partial charge in [-0.3, -0.25) is 4.79 Å². The third kappa shape index (κ3) is 2.13. The number of ether oxygens (including phenoxy) is 2. The summed E-state index contributed by atoms with van der Waals surface area (Å²) in [5, 5.41) is 10.5. The van der Waals surface area contributed by atoms with Crippen molar-refractivity contribution in [2.24, 2.45) is 5.92 Å². The molecule has 4 nitrogen and oxygen atoms in total. The van der Waals surface area contributed by atoms with E-state index in [0.29, 0.717) is 24.3 Å². The van der Waals surface area contributed by atoms with E-state index >= 15 is 0 Å². The lowest BCUT2D eigenvalue weighted by Gasteiger charge is -2.28. The van der Waals surface area contributed by atoms with Crippen molar-refractivity contribution < 1.29 is 19.4 Å². The van der Waals surface area contributed by atoms with Gasteiger partial charge in [-0.15, -0.1) is 0 Å². The highest BCUT2D eigenvalue weighted by Crippen LogP contribution is 2.36. The van der Waals surface area contributed by atoms with Gasteiger partial charge in [0.1, 0.15) is 11.4 Å². The van der Waals surface area contributed by atoms with E-state index < -0.39 is 11.5 Å². The van der Waals surface area contributed by atoms with Gasteiger partial charge in [0.05, 0.1) is 19.6 Å². The number of carbonyl (C=O) groups excluding carboxylic acids is 1. The lowest BCUT2D eigenvalue weighted by Crippen LogP contribution is -2.34. The fraction of sp³-hybridized carbons (Fsp3) is 0.462. The highest BCUT2D eigenvalue weighted by Gasteiger charge is 2.43. The number of hydrogen-bond donors (Lipinski definition) is 1. The number of rotatable bonds is 3. The van der Waals surface area contributed by atoms with Crippen LogP contribution in [0.4, 0.5) is 0 Å². The molecule has 92 valence electrons. The molecule has 1 N–H and O–H groups in total. The summed E-state index contributed by atoms with van der Waals surface area (Å²) in [5.41, 5.74) is -0.553. The lowest BCUT2D eigenvalue weighted by atomic mass is 9.82. The summed E-state index contributed by atoms with van der Waals surface area (Å²) >= 11 is 0. The topological polar surface area (TPSA) is 55.8 Å². The highest BCUT2D eigenvalue weighted by molar-refractivity contribution is 5.76. The monoisotopic (exact) mass is 236 g/mol. The molecule has 2 unspecified atom stereocenters. The van der Waals surface area contributed by atoms with E-state index in [1.807, 2.05) is 0 Å². The fourth-order valence-electron chi connectivity index (χ4n) is 2.15. The molecule has 0 radical (unpaired) electrons. The molecule has 17 heavy (non-hydrogen) atoms. The van der Waals surface area contributed by atoms with Gasteiger partial charge in [-0.05, 0) is 31.0 Å². The molecule has 1 aliphatic rings. The van der Waals surface area contributed by atoms with Gasteiger partial charge in [0.15, 0.2) is 0 Å². The average molecular weight is 236 g/mol. The van der Waals surface area contributed by atoms with Crippen LogP contribution in [0.1, 0.15) is 18.9 Å². The minimum Gasteiger partial charge on any atom is -0.497 e. The third-order valence-corrected chi connectivity index (χ3v) is 3.27. The zero-order valence-corrected chi connectivity index (χ0v) is 9.97. The minimum atomic E-state index is -1.22. The van der Waals surface area contributed by atoms with Crippen molar-refractivity contribution in [2.45, 2.75) is 18.9 Å². The molecule has 2 atom stereocenters. The molecule has 0 aliphatic carbocycles. The molecule has 1 saturated heterocycles. The second-order valence-corrected chi connectivity index (χ2v) is 4.39. The second kappa shape index (κ2) is 4.37. The molecule has 0 amide bonds. The van der Waals surface area contributed by atoms with Crippen LogP contribution in [0.2, 0.25) is 0 Å². The Hall–Kier alpha value is -1.55. The van der Waals surface area contributed by atoms with Gasteiger partial charge in [-0.2, -0.15) is 0 Å². The van der Waals surface area contributed by atoms with Gasteiger partial charge in [0, 0.05) is 0 Å². The van der Waals surface area contributed by atoms with Crippen LogP contribution in [0.3, 0.4) is 0 Å². The fourth-order valence-corrected chi connectivity index (χ4v) is 2.15. The molecule has 1 aromatic rings. The van der Waals surface area contributed by atoms with Crippen LogP contribution >= 0.6 is 0 Å². The van der Waals surface area contributed by atoms with Crippen LogP contribution in [0.5, 0.6) is 5.75 Å². The standard InChI is InChI=1S/C13H16O4/c1-13(15,11-6-7-17-12(11)14)9-4-3-5-10(8-9)16-2/h3-5,8,11,15H,6-7H2,1-2H3. The Bertz CT molecular complexity index is 425. The molecular weight excluding hydrogens is 220 g/mol. The molecule has 1 heterocycles. The van der Waals surface area contributed by atoms with Crippen LogP contribution < -0.4 is 4.74 Å². The third-order valence-electron chi connectivity index (χ3n) is 3.27. The largest absolute Gasteiger partial charge is 0.497 e. The zero-order chi connectivity index (χ0) is 12.5. The van der Waals surface area contributed by atoms with Crippen molar-refractivity contribution in [2.75, 3.05) is 13.7 Å². The van der Waals surface area contributed by atoms with Gasteiger partial charge in [0.25, 0.3) is 0 Å². The first-order valence-electron chi connectivity index (χ1n) is 5.59. The Labute approximate surface area is 100 Å². The average Bonchev–Trinajstić information content (AvgIpc) is 2.76. The minimum absolute atomic E-state index is 0.335. The van der Waals surface area contributed by atoms with Crippen molar-refractivity contribution in [1.82, 2.24) is 0 Å². The maximum absolute atomic E-state index is 11.5. The smallest absolute Gasteiger partial charge is 0.312 e. The van der Waals surface area contributed by atoms with Crippen molar-refractivity contribution in [3.05, 3.63) is 29.8 Å². The Morgan fingerprint density at radius 3 is 2.88 bits per heavy atom. The van der Waals surface area contributed by atoms with E-state index in [2.05, 4.69) is 0 Å². The highest BCUT2D eigenvalue weighted by atomic mass is 16.5. The van der Waals surface area contributed by atoms with E-state index in [9.17, 15) is 9.90 Å². The summed E-state index contributed by atoms with van der Waals surface area (Å²) in [6, 6.07) is 7.12. The first-order valence-corrected chi connectivity index (χ1v) is 5.59. The van der Waals surface area contributed by atoms with Crippen LogP contribution in [0.25, 0.3) is 0 Å². The maximum atomic E-state index is 11.5. The number of carbonyl (C=O) groups is 1.